The Morgan fingerprint density at radius 3 is 2.50 bits per heavy atom. The molecule has 1 heterocycles. The minimum absolute atomic E-state index is 0.0479. The van der Waals surface area contributed by atoms with Crippen LogP contribution in [0.1, 0.15) is 60.8 Å². The minimum Gasteiger partial charge on any atom is -0.372 e. The maximum atomic E-state index is 11.7. The number of anilines is 1. The summed E-state index contributed by atoms with van der Waals surface area (Å²) in [6.45, 7) is 6.30. The maximum Gasteiger partial charge on any atom is 0.251 e. The van der Waals surface area contributed by atoms with E-state index in [1.807, 2.05) is 0 Å². The van der Waals surface area contributed by atoms with E-state index in [2.05, 4.69) is 26.1 Å². The van der Waals surface area contributed by atoms with Crippen LogP contribution in [0, 0.1) is 0 Å². The van der Waals surface area contributed by atoms with E-state index in [0.29, 0.717) is 0 Å². The maximum absolute atomic E-state index is 11.7. The average Bonchev–Trinajstić information content (AvgIpc) is 2.40. The number of primary amides is 1. The molecule has 1 amide bonds. The number of carbonyl (C=O) groups is 1. The molecular weight excluding hydrogens is 244 g/mol. The van der Waals surface area contributed by atoms with Crippen LogP contribution < -0.4 is 11.1 Å². The Morgan fingerprint density at radius 1 is 1.22 bits per heavy atom. The molecule has 0 bridgehead atoms. The van der Waals surface area contributed by atoms with E-state index in [1.54, 1.807) is 11.3 Å². The van der Waals surface area contributed by atoms with Crippen LogP contribution in [-0.4, -0.2) is 11.4 Å². The van der Waals surface area contributed by atoms with Crippen LogP contribution in [0.4, 0.5) is 5.00 Å². The fourth-order valence-electron chi connectivity index (χ4n) is 2.43. The molecule has 0 aliphatic heterocycles. The van der Waals surface area contributed by atoms with Gasteiger partial charge in [-0.3, -0.25) is 4.79 Å². The number of nitrogens with one attached hydrogen (secondary N) is 1. The van der Waals surface area contributed by atoms with Crippen molar-refractivity contribution in [1.29, 1.82) is 0 Å². The van der Waals surface area contributed by atoms with Crippen LogP contribution in [0.15, 0.2) is 0 Å². The van der Waals surface area contributed by atoms with Crippen molar-refractivity contribution >= 4 is 22.2 Å². The second kappa shape index (κ2) is 4.92. The highest BCUT2D eigenvalue weighted by Gasteiger charge is 2.25. The van der Waals surface area contributed by atoms with Gasteiger partial charge in [0.1, 0.15) is 5.00 Å². The largest absolute Gasteiger partial charge is 0.372 e. The molecular formula is C14H22N2OS. The fourth-order valence-corrected chi connectivity index (χ4v) is 3.94. The van der Waals surface area contributed by atoms with Gasteiger partial charge >= 0.3 is 0 Å². The third-order valence-corrected chi connectivity index (χ3v) is 4.36. The van der Waals surface area contributed by atoms with Gasteiger partial charge in [-0.05, 0) is 52.0 Å². The van der Waals surface area contributed by atoms with Gasteiger partial charge in [-0.25, -0.2) is 0 Å². The van der Waals surface area contributed by atoms with Gasteiger partial charge in [0.15, 0.2) is 0 Å². The summed E-state index contributed by atoms with van der Waals surface area (Å²) in [5.74, 6) is -0.291. The summed E-state index contributed by atoms with van der Waals surface area (Å²) in [6, 6.07) is 0. The van der Waals surface area contributed by atoms with Gasteiger partial charge < -0.3 is 11.1 Å². The average molecular weight is 266 g/mol. The van der Waals surface area contributed by atoms with Crippen molar-refractivity contribution < 1.29 is 4.79 Å². The van der Waals surface area contributed by atoms with Gasteiger partial charge in [0.2, 0.25) is 0 Å². The molecule has 1 aliphatic carbocycles. The molecule has 0 saturated heterocycles. The Balaban J connectivity index is 2.44. The van der Waals surface area contributed by atoms with Crippen molar-refractivity contribution in [2.24, 2.45) is 5.73 Å². The molecule has 3 nitrogen and oxygen atoms in total. The monoisotopic (exact) mass is 266 g/mol. The Morgan fingerprint density at radius 2 is 1.89 bits per heavy atom. The second-order valence-corrected chi connectivity index (χ2v) is 7.11. The quantitative estimate of drug-likeness (QED) is 0.807. The zero-order valence-electron chi connectivity index (χ0n) is 11.4. The lowest BCUT2D eigenvalue weighted by Crippen LogP contribution is -2.27. The lowest BCUT2D eigenvalue weighted by atomic mass is 10.0. The molecule has 1 aliphatic rings. The molecule has 0 radical (unpaired) electrons. The van der Waals surface area contributed by atoms with Gasteiger partial charge in [-0.15, -0.1) is 11.3 Å². The predicted molar refractivity (Wildman–Crippen MR) is 77.5 cm³/mol. The summed E-state index contributed by atoms with van der Waals surface area (Å²) in [5.41, 5.74) is 7.48. The summed E-state index contributed by atoms with van der Waals surface area (Å²) >= 11 is 1.72. The van der Waals surface area contributed by atoms with Crippen LogP contribution in [0.3, 0.4) is 0 Å². The van der Waals surface area contributed by atoms with Crippen LogP contribution in [0.25, 0.3) is 0 Å². The number of rotatable bonds is 2. The fraction of sp³-hybridized carbons (Fsp3) is 0.643. The van der Waals surface area contributed by atoms with Crippen molar-refractivity contribution in [3.63, 3.8) is 0 Å². The van der Waals surface area contributed by atoms with Crippen molar-refractivity contribution in [1.82, 2.24) is 0 Å². The highest BCUT2D eigenvalue weighted by atomic mass is 32.1. The number of hydrogen-bond acceptors (Lipinski definition) is 3. The molecule has 0 unspecified atom stereocenters. The predicted octanol–water partition coefficient (Wildman–Crippen LogP) is 3.33. The lowest BCUT2D eigenvalue weighted by Gasteiger charge is -2.21. The van der Waals surface area contributed by atoms with E-state index in [0.717, 1.165) is 23.4 Å². The van der Waals surface area contributed by atoms with Crippen molar-refractivity contribution in [2.75, 3.05) is 5.32 Å². The van der Waals surface area contributed by atoms with Gasteiger partial charge in [0.05, 0.1) is 5.56 Å². The number of thiophene rings is 1. The van der Waals surface area contributed by atoms with Crippen molar-refractivity contribution in [2.45, 2.75) is 58.4 Å². The molecule has 0 fully saturated rings. The molecule has 3 N–H and O–H groups in total. The number of aryl methyl sites for hydroxylation is 1. The number of fused-ring (bicyclic) bond motifs is 1. The molecule has 0 aromatic carbocycles. The van der Waals surface area contributed by atoms with Gasteiger partial charge in [-0.2, -0.15) is 0 Å². The number of nitrogens with two attached hydrogens (primary N) is 1. The Kier molecular flexibility index (Phi) is 3.66. The highest BCUT2D eigenvalue weighted by Crippen LogP contribution is 2.38. The summed E-state index contributed by atoms with van der Waals surface area (Å²) in [4.78, 5) is 13.1. The standard InChI is InChI=1S/C14H22N2OS/c1-14(2,3)16-13-11(12(15)17)9-7-5-4-6-8-10(9)18-13/h16H,4-8H2,1-3H3,(H2,15,17). The highest BCUT2D eigenvalue weighted by molar-refractivity contribution is 7.16. The molecule has 0 saturated carbocycles. The summed E-state index contributed by atoms with van der Waals surface area (Å²) in [5, 5.41) is 4.39. The van der Waals surface area contributed by atoms with Crippen LogP contribution in [-0.2, 0) is 12.8 Å². The molecule has 100 valence electrons. The number of hydrogen-bond donors (Lipinski definition) is 2. The van der Waals surface area contributed by atoms with Crippen LogP contribution >= 0.6 is 11.3 Å². The first-order valence-electron chi connectivity index (χ1n) is 6.61. The van der Waals surface area contributed by atoms with E-state index in [-0.39, 0.29) is 11.4 Å². The summed E-state index contributed by atoms with van der Waals surface area (Å²) in [6.07, 6.45) is 5.73. The van der Waals surface area contributed by atoms with E-state index in [9.17, 15) is 4.79 Å². The third kappa shape index (κ3) is 2.86. The molecule has 0 spiro atoms. The molecule has 1 aromatic heterocycles. The summed E-state index contributed by atoms with van der Waals surface area (Å²) in [7, 11) is 0. The first-order chi connectivity index (χ1) is 8.38. The third-order valence-electron chi connectivity index (χ3n) is 3.16. The molecule has 18 heavy (non-hydrogen) atoms. The number of carbonyl (C=O) groups excluding carboxylic acids is 1. The zero-order chi connectivity index (χ0) is 13.3. The van der Waals surface area contributed by atoms with Crippen molar-refractivity contribution in [3.05, 3.63) is 16.0 Å². The molecule has 4 heteroatoms. The topological polar surface area (TPSA) is 55.1 Å². The molecule has 0 atom stereocenters. The molecule has 1 aromatic rings. The smallest absolute Gasteiger partial charge is 0.251 e. The van der Waals surface area contributed by atoms with E-state index >= 15 is 0 Å². The Bertz CT molecular complexity index is 457. The zero-order valence-corrected chi connectivity index (χ0v) is 12.2. The molecule has 2 rings (SSSR count). The van der Waals surface area contributed by atoms with Crippen LogP contribution in [0.5, 0.6) is 0 Å². The Labute approximate surface area is 113 Å². The van der Waals surface area contributed by atoms with Crippen molar-refractivity contribution in [3.8, 4) is 0 Å². The van der Waals surface area contributed by atoms with Gasteiger partial charge in [-0.1, -0.05) is 6.42 Å². The normalized spacial score (nSPS) is 15.9. The van der Waals surface area contributed by atoms with E-state index in [1.165, 1.54) is 29.7 Å². The number of amides is 1. The van der Waals surface area contributed by atoms with Crippen LogP contribution in [0.2, 0.25) is 0 Å². The lowest BCUT2D eigenvalue weighted by molar-refractivity contribution is 0.100. The van der Waals surface area contributed by atoms with E-state index < -0.39 is 0 Å². The van der Waals surface area contributed by atoms with Gasteiger partial charge in [0, 0.05) is 10.4 Å². The minimum atomic E-state index is -0.291. The van der Waals surface area contributed by atoms with E-state index in [4.69, 9.17) is 5.73 Å². The first kappa shape index (κ1) is 13.4. The SMILES string of the molecule is CC(C)(C)Nc1sc2c(c1C(N)=O)CCCCC2. The Hall–Kier alpha value is -1.03. The second-order valence-electron chi connectivity index (χ2n) is 6.01. The summed E-state index contributed by atoms with van der Waals surface area (Å²) < 4.78 is 0. The van der Waals surface area contributed by atoms with Gasteiger partial charge in [0.25, 0.3) is 5.91 Å². The first-order valence-corrected chi connectivity index (χ1v) is 7.42.